The molecule has 1 aromatic heterocycles. The van der Waals surface area contributed by atoms with Gasteiger partial charge in [0, 0.05) is 63.9 Å². The maximum absolute atomic E-state index is 13.1. The molecule has 2 heterocycles. The van der Waals surface area contributed by atoms with E-state index in [2.05, 4.69) is 25.9 Å². The van der Waals surface area contributed by atoms with Gasteiger partial charge in [0.15, 0.2) is 5.82 Å². The van der Waals surface area contributed by atoms with Crippen molar-refractivity contribution in [3.63, 3.8) is 0 Å². The van der Waals surface area contributed by atoms with Crippen molar-refractivity contribution in [3.8, 4) is 11.4 Å². The van der Waals surface area contributed by atoms with Crippen LogP contribution in [0.4, 0.5) is 36.2 Å². The van der Waals surface area contributed by atoms with Crippen molar-refractivity contribution in [1.29, 1.82) is 0 Å². The molecule has 15 heteroatoms. The first-order chi connectivity index (χ1) is 20.0. The number of benzene rings is 2. The third kappa shape index (κ3) is 8.13. The molecule has 42 heavy (non-hydrogen) atoms. The van der Waals surface area contributed by atoms with Crippen LogP contribution in [0.5, 0.6) is 0 Å². The van der Waals surface area contributed by atoms with Gasteiger partial charge in [0.25, 0.3) is 5.69 Å². The van der Waals surface area contributed by atoms with E-state index in [9.17, 15) is 32.9 Å². The molecule has 0 spiro atoms. The molecule has 2 amide bonds. The molecule has 12 nitrogen and oxygen atoms in total. The lowest BCUT2D eigenvalue weighted by atomic mass is 10.1. The Morgan fingerprint density at radius 2 is 1.67 bits per heavy atom. The minimum absolute atomic E-state index is 0.0128. The third-order valence-electron chi connectivity index (χ3n) is 6.41. The number of carbonyl (C=O) groups excluding carboxylic acids is 2. The Labute approximate surface area is 239 Å². The van der Waals surface area contributed by atoms with Crippen LogP contribution in [-0.2, 0) is 15.8 Å². The summed E-state index contributed by atoms with van der Waals surface area (Å²) in [6.45, 7) is 3.51. The van der Waals surface area contributed by atoms with E-state index < -0.39 is 22.4 Å². The van der Waals surface area contributed by atoms with E-state index in [0.717, 1.165) is 17.7 Å². The van der Waals surface area contributed by atoms with Gasteiger partial charge in [-0.05, 0) is 12.1 Å². The predicted octanol–water partition coefficient (Wildman–Crippen LogP) is 3.38. The summed E-state index contributed by atoms with van der Waals surface area (Å²) in [5.74, 6) is 0.620. The molecule has 0 saturated carbocycles. The van der Waals surface area contributed by atoms with Gasteiger partial charge in [-0.25, -0.2) is 9.97 Å². The number of nitrogens with zero attached hydrogens (tertiary/aromatic N) is 5. The van der Waals surface area contributed by atoms with Crippen molar-refractivity contribution >= 4 is 34.8 Å². The van der Waals surface area contributed by atoms with Gasteiger partial charge in [-0.15, -0.1) is 0 Å². The molecule has 1 saturated heterocycles. The fourth-order valence-electron chi connectivity index (χ4n) is 4.39. The number of amides is 2. The van der Waals surface area contributed by atoms with Crippen molar-refractivity contribution in [2.24, 2.45) is 0 Å². The zero-order valence-electron chi connectivity index (χ0n) is 22.6. The SMILES string of the molecule is CC(=O)NCCNc1cc(NC(=O)CN2CCN(c3ccc(C(F)(F)F)cc3[N+](=O)[O-])CC2)nc(-c2ccccc2)n1. The largest absolute Gasteiger partial charge is 0.416 e. The number of nitro groups is 1. The van der Waals surface area contributed by atoms with Gasteiger partial charge in [0.2, 0.25) is 11.8 Å². The number of halogens is 3. The number of anilines is 3. The number of nitrogens with one attached hydrogen (secondary N) is 3. The minimum Gasteiger partial charge on any atom is -0.368 e. The van der Waals surface area contributed by atoms with Gasteiger partial charge in [-0.1, -0.05) is 30.3 Å². The summed E-state index contributed by atoms with van der Waals surface area (Å²) in [4.78, 5) is 47.2. The van der Waals surface area contributed by atoms with Crippen LogP contribution >= 0.6 is 0 Å². The van der Waals surface area contributed by atoms with E-state index in [-0.39, 0.29) is 43.0 Å². The number of aromatic nitrogens is 2. The zero-order chi connectivity index (χ0) is 30.3. The normalized spacial score (nSPS) is 13.9. The van der Waals surface area contributed by atoms with Crippen molar-refractivity contribution < 1.29 is 27.7 Å². The number of carbonyl (C=O) groups is 2. The quantitative estimate of drug-likeness (QED) is 0.185. The van der Waals surface area contributed by atoms with Crippen LogP contribution in [0.3, 0.4) is 0 Å². The zero-order valence-corrected chi connectivity index (χ0v) is 22.6. The Bertz CT molecular complexity index is 1430. The summed E-state index contributed by atoms with van der Waals surface area (Å²) >= 11 is 0. The lowest BCUT2D eigenvalue weighted by Crippen LogP contribution is -2.48. The standard InChI is InChI=1S/C27H29F3N8O4/c1-18(39)31-9-10-32-23-16-24(35-26(34-23)19-5-3-2-4-6-19)33-25(40)17-36-11-13-37(14-12-36)21-8-7-20(27(28,29)30)15-22(21)38(41)42/h2-8,15-16H,9-14,17H2,1H3,(H,31,39)(H2,32,33,34,35,40). The highest BCUT2D eigenvalue weighted by atomic mass is 19.4. The average molecular weight is 587 g/mol. The molecule has 3 N–H and O–H groups in total. The monoisotopic (exact) mass is 586 g/mol. The number of hydrogen-bond donors (Lipinski definition) is 3. The highest BCUT2D eigenvalue weighted by Gasteiger charge is 2.34. The summed E-state index contributed by atoms with van der Waals surface area (Å²) in [6, 6.07) is 13.3. The van der Waals surface area contributed by atoms with E-state index >= 15 is 0 Å². The smallest absolute Gasteiger partial charge is 0.368 e. The van der Waals surface area contributed by atoms with Gasteiger partial charge in [0.05, 0.1) is 17.0 Å². The molecular weight excluding hydrogens is 557 g/mol. The van der Waals surface area contributed by atoms with Crippen LogP contribution in [-0.4, -0.2) is 77.4 Å². The van der Waals surface area contributed by atoms with Gasteiger partial charge in [0.1, 0.15) is 17.3 Å². The van der Waals surface area contributed by atoms with Crippen LogP contribution in [0.15, 0.2) is 54.6 Å². The van der Waals surface area contributed by atoms with Gasteiger partial charge >= 0.3 is 6.18 Å². The van der Waals surface area contributed by atoms with Crippen molar-refractivity contribution in [2.45, 2.75) is 13.1 Å². The van der Waals surface area contributed by atoms with Gasteiger partial charge in [-0.3, -0.25) is 24.6 Å². The summed E-state index contributed by atoms with van der Waals surface area (Å²) in [7, 11) is 0. The molecule has 0 unspecified atom stereocenters. The van der Waals surface area contributed by atoms with E-state index in [1.165, 1.54) is 6.92 Å². The maximum atomic E-state index is 13.1. The highest BCUT2D eigenvalue weighted by molar-refractivity contribution is 5.92. The Kier molecular flexibility index (Phi) is 9.52. The Morgan fingerprint density at radius 3 is 2.31 bits per heavy atom. The summed E-state index contributed by atoms with van der Waals surface area (Å²) in [6.07, 6.45) is -4.69. The molecule has 1 fully saturated rings. The lowest BCUT2D eigenvalue weighted by Gasteiger charge is -2.35. The highest BCUT2D eigenvalue weighted by Crippen LogP contribution is 2.36. The minimum atomic E-state index is -4.69. The molecule has 1 aliphatic rings. The van der Waals surface area contributed by atoms with E-state index in [1.807, 2.05) is 35.2 Å². The molecule has 2 aromatic carbocycles. The second-order valence-electron chi connectivity index (χ2n) is 9.51. The number of alkyl halides is 3. The molecule has 4 rings (SSSR count). The fraction of sp³-hybridized carbons (Fsp3) is 0.333. The first kappa shape index (κ1) is 30.2. The summed E-state index contributed by atoms with van der Waals surface area (Å²) in [5.41, 5.74) is -0.855. The third-order valence-corrected chi connectivity index (χ3v) is 6.41. The molecule has 1 aliphatic heterocycles. The van der Waals surface area contributed by atoms with Crippen molar-refractivity contribution in [3.05, 3.63) is 70.3 Å². The van der Waals surface area contributed by atoms with Crippen LogP contribution in [0.1, 0.15) is 12.5 Å². The lowest BCUT2D eigenvalue weighted by molar-refractivity contribution is -0.384. The van der Waals surface area contributed by atoms with Crippen molar-refractivity contribution in [1.82, 2.24) is 20.2 Å². The topological polar surface area (TPSA) is 146 Å². The van der Waals surface area contributed by atoms with Crippen LogP contribution in [0.25, 0.3) is 11.4 Å². The number of piperazine rings is 1. The molecule has 222 valence electrons. The predicted molar refractivity (Wildman–Crippen MR) is 150 cm³/mol. The van der Waals surface area contributed by atoms with Crippen LogP contribution in [0, 0.1) is 10.1 Å². The summed E-state index contributed by atoms with van der Waals surface area (Å²) in [5, 5.41) is 20.1. The second kappa shape index (κ2) is 13.2. The number of nitro benzene ring substituents is 1. The molecule has 0 atom stereocenters. The van der Waals surface area contributed by atoms with E-state index in [1.54, 1.807) is 11.0 Å². The summed E-state index contributed by atoms with van der Waals surface area (Å²) < 4.78 is 39.2. The van der Waals surface area contributed by atoms with Crippen molar-refractivity contribution in [2.75, 3.05) is 61.3 Å². The molecular formula is C27H29F3N8O4. The second-order valence-corrected chi connectivity index (χ2v) is 9.51. The van der Waals surface area contributed by atoms with Gasteiger partial charge in [-0.2, -0.15) is 13.2 Å². The number of hydrogen-bond acceptors (Lipinski definition) is 9. The molecule has 3 aromatic rings. The Hall–Kier alpha value is -4.79. The average Bonchev–Trinajstić information content (AvgIpc) is 2.95. The van der Waals surface area contributed by atoms with Gasteiger partial charge < -0.3 is 20.9 Å². The maximum Gasteiger partial charge on any atom is 0.416 e. The van der Waals surface area contributed by atoms with Crippen LogP contribution < -0.4 is 20.9 Å². The first-order valence-corrected chi connectivity index (χ1v) is 13.0. The van der Waals surface area contributed by atoms with E-state index in [4.69, 9.17) is 0 Å². The number of rotatable bonds is 10. The Balaban J connectivity index is 1.39. The molecule has 0 aliphatic carbocycles. The first-order valence-electron chi connectivity index (χ1n) is 13.0. The fourth-order valence-corrected chi connectivity index (χ4v) is 4.39. The van der Waals surface area contributed by atoms with E-state index in [0.29, 0.717) is 43.9 Å². The molecule has 0 bridgehead atoms. The Morgan fingerprint density at radius 1 is 0.976 bits per heavy atom. The van der Waals surface area contributed by atoms with Crippen LogP contribution in [0.2, 0.25) is 0 Å². The molecule has 0 radical (unpaired) electrons.